The van der Waals surface area contributed by atoms with Crippen molar-refractivity contribution in [1.82, 2.24) is 4.57 Å². The van der Waals surface area contributed by atoms with Crippen molar-refractivity contribution in [3.63, 3.8) is 0 Å². The van der Waals surface area contributed by atoms with Crippen molar-refractivity contribution < 1.29 is 14.3 Å². The van der Waals surface area contributed by atoms with E-state index >= 15 is 0 Å². The molecule has 132 valence electrons. The first-order valence-electron chi connectivity index (χ1n) is 8.92. The van der Waals surface area contributed by atoms with Gasteiger partial charge in [-0.1, -0.05) is 27.2 Å². The zero-order valence-electron chi connectivity index (χ0n) is 15.5. The second-order valence-electron chi connectivity index (χ2n) is 6.57. The van der Waals surface area contributed by atoms with Crippen LogP contribution < -0.4 is 4.74 Å². The van der Waals surface area contributed by atoms with E-state index in [-0.39, 0.29) is 5.97 Å². The lowest BCUT2D eigenvalue weighted by atomic mass is 10.1. The Labute approximate surface area is 144 Å². The van der Waals surface area contributed by atoms with Crippen molar-refractivity contribution in [2.45, 2.75) is 54.0 Å². The molecule has 2 aromatic rings. The monoisotopic (exact) mass is 331 g/mol. The van der Waals surface area contributed by atoms with Gasteiger partial charge in [-0.15, -0.1) is 0 Å². The molecule has 4 nitrogen and oxygen atoms in total. The quantitative estimate of drug-likeness (QED) is 0.507. The number of benzene rings is 1. The third kappa shape index (κ3) is 3.92. The first-order valence-corrected chi connectivity index (χ1v) is 8.92. The van der Waals surface area contributed by atoms with Gasteiger partial charge in [0.25, 0.3) is 0 Å². The van der Waals surface area contributed by atoms with Crippen LogP contribution in [0.25, 0.3) is 10.9 Å². The van der Waals surface area contributed by atoms with E-state index in [1.165, 1.54) is 0 Å². The number of esters is 1. The summed E-state index contributed by atoms with van der Waals surface area (Å²) < 4.78 is 13.3. The largest absolute Gasteiger partial charge is 0.494 e. The molecule has 0 N–H and O–H groups in total. The maximum Gasteiger partial charge on any atom is 0.340 e. The van der Waals surface area contributed by atoms with Gasteiger partial charge in [0.05, 0.1) is 18.8 Å². The van der Waals surface area contributed by atoms with Gasteiger partial charge in [-0.3, -0.25) is 0 Å². The SMILES string of the molecule is CCCCOc1ccc2c(c1)c(C(=O)OCC)c(C)n2CC(C)C. The molecule has 0 saturated carbocycles. The highest BCUT2D eigenvalue weighted by Crippen LogP contribution is 2.31. The minimum atomic E-state index is -0.256. The number of aromatic nitrogens is 1. The highest BCUT2D eigenvalue weighted by molar-refractivity contribution is 6.06. The van der Waals surface area contributed by atoms with Crippen molar-refractivity contribution >= 4 is 16.9 Å². The topological polar surface area (TPSA) is 40.5 Å². The molecule has 2 rings (SSSR count). The summed E-state index contributed by atoms with van der Waals surface area (Å²) in [5.41, 5.74) is 2.68. The molecule has 24 heavy (non-hydrogen) atoms. The maximum atomic E-state index is 12.5. The Morgan fingerprint density at radius 1 is 1.25 bits per heavy atom. The van der Waals surface area contributed by atoms with Gasteiger partial charge in [-0.2, -0.15) is 0 Å². The van der Waals surface area contributed by atoms with Gasteiger partial charge in [-0.05, 0) is 44.4 Å². The summed E-state index contributed by atoms with van der Waals surface area (Å²) in [6, 6.07) is 6.01. The molecule has 1 aromatic heterocycles. The van der Waals surface area contributed by atoms with Gasteiger partial charge in [0, 0.05) is 23.1 Å². The first kappa shape index (κ1) is 18.4. The molecule has 0 bridgehead atoms. The van der Waals surface area contributed by atoms with Crippen LogP contribution in [0.15, 0.2) is 18.2 Å². The van der Waals surface area contributed by atoms with Gasteiger partial charge in [0.2, 0.25) is 0 Å². The normalized spacial score (nSPS) is 11.2. The molecule has 0 amide bonds. The molecule has 0 unspecified atom stereocenters. The number of carbonyl (C=O) groups is 1. The Morgan fingerprint density at radius 3 is 2.62 bits per heavy atom. The molecule has 1 aromatic carbocycles. The highest BCUT2D eigenvalue weighted by Gasteiger charge is 2.21. The van der Waals surface area contributed by atoms with Crippen LogP contribution in [-0.4, -0.2) is 23.8 Å². The van der Waals surface area contributed by atoms with E-state index in [1.54, 1.807) is 0 Å². The Bertz CT molecular complexity index is 700. The zero-order valence-corrected chi connectivity index (χ0v) is 15.5. The van der Waals surface area contributed by atoms with Gasteiger partial charge in [0.1, 0.15) is 5.75 Å². The predicted molar refractivity (Wildman–Crippen MR) is 97.9 cm³/mol. The molecule has 0 aliphatic heterocycles. The first-order chi connectivity index (χ1) is 11.5. The minimum absolute atomic E-state index is 0.256. The number of ether oxygens (including phenoxy) is 2. The predicted octanol–water partition coefficient (Wildman–Crippen LogP) is 4.96. The summed E-state index contributed by atoms with van der Waals surface area (Å²) in [5.74, 6) is 1.05. The van der Waals surface area contributed by atoms with Crippen LogP contribution in [0, 0.1) is 12.8 Å². The van der Waals surface area contributed by atoms with Gasteiger partial charge >= 0.3 is 5.97 Å². The molecular weight excluding hydrogens is 302 g/mol. The Balaban J connectivity index is 2.51. The zero-order chi connectivity index (χ0) is 17.7. The number of carbonyl (C=O) groups excluding carboxylic acids is 1. The lowest BCUT2D eigenvalue weighted by Gasteiger charge is -2.11. The number of hydrogen-bond acceptors (Lipinski definition) is 3. The van der Waals surface area contributed by atoms with Crippen molar-refractivity contribution in [2.24, 2.45) is 5.92 Å². The smallest absolute Gasteiger partial charge is 0.340 e. The van der Waals surface area contributed by atoms with Gasteiger partial charge < -0.3 is 14.0 Å². The molecular formula is C20H29NO3. The third-order valence-electron chi connectivity index (χ3n) is 4.09. The van der Waals surface area contributed by atoms with Crippen molar-refractivity contribution in [2.75, 3.05) is 13.2 Å². The van der Waals surface area contributed by atoms with Crippen LogP contribution in [0.1, 0.15) is 56.6 Å². The van der Waals surface area contributed by atoms with Gasteiger partial charge in [0.15, 0.2) is 0 Å². The Hall–Kier alpha value is -1.97. The maximum absolute atomic E-state index is 12.5. The molecule has 0 radical (unpaired) electrons. The summed E-state index contributed by atoms with van der Waals surface area (Å²) in [4.78, 5) is 12.5. The number of unbranched alkanes of at least 4 members (excludes halogenated alkanes) is 1. The van der Waals surface area contributed by atoms with Crippen LogP contribution in [0.5, 0.6) is 5.75 Å². The van der Waals surface area contributed by atoms with E-state index in [9.17, 15) is 4.79 Å². The number of nitrogens with zero attached hydrogens (tertiary/aromatic N) is 1. The van der Waals surface area contributed by atoms with Crippen LogP contribution in [0.2, 0.25) is 0 Å². The van der Waals surface area contributed by atoms with Crippen molar-refractivity contribution in [3.8, 4) is 5.75 Å². The van der Waals surface area contributed by atoms with E-state index < -0.39 is 0 Å². The summed E-state index contributed by atoms with van der Waals surface area (Å²) in [6.45, 7) is 12.3. The highest BCUT2D eigenvalue weighted by atomic mass is 16.5. The molecule has 4 heteroatoms. The number of fused-ring (bicyclic) bond motifs is 1. The van der Waals surface area contributed by atoms with Crippen LogP contribution in [0.4, 0.5) is 0 Å². The van der Waals surface area contributed by atoms with Crippen molar-refractivity contribution in [3.05, 3.63) is 29.5 Å². The minimum Gasteiger partial charge on any atom is -0.494 e. The lowest BCUT2D eigenvalue weighted by molar-refractivity contribution is 0.0527. The van der Waals surface area contributed by atoms with E-state index in [0.29, 0.717) is 24.7 Å². The third-order valence-corrected chi connectivity index (χ3v) is 4.09. The fourth-order valence-electron chi connectivity index (χ4n) is 2.95. The Kier molecular flexibility index (Phi) is 6.29. The van der Waals surface area contributed by atoms with Crippen molar-refractivity contribution in [1.29, 1.82) is 0 Å². The summed E-state index contributed by atoms with van der Waals surface area (Å²) in [6.07, 6.45) is 2.12. The standard InChI is InChI=1S/C20H29NO3/c1-6-8-11-24-16-9-10-18-17(12-16)19(20(22)23-7-2)15(5)21(18)13-14(3)4/h9-10,12,14H,6-8,11,13H2,1-5H3. The Morgan fingerprint density at radius 2 is 2.00 bits per heavy atom. The van der Waals surface area contributed by atoms with Gasteiger partial charge in [-0.25, -0.2) is 4.79 Å². The summed E-state index contributed by atoms with van der Waals surface area (Å²) >= 11 is 0. The molecule has 0 saturated heterocycles. The summed E-state index contributed by atoms with van der Waals surface area (Å²) in [7, 11) is 0. The molecule has 0 spiro atoms. The average Bonchev–Trinajstić information content (AvgIpc) is 2.79. The number of hydrogen-bond donors (Lipinski definition) is 0. The van der Waals surface area contributed by atoms with Crippen LogP contribution in [-0.2, 0) is 11.3 Å². The van der Waals surface area contributed by atoms with Crippen LogP contribution in [0.3, 0.4) is 0 Å². The van der Waals surface area contributed by atoms with E-state index in [2.05, 4.69) is 31.4 Å². The second kappa shape index (κ2) is 8.22. The second-order valence-corrected chi connectivity index (χ2v) is 6.57. The average molecular weight is 331 g/mol. The van der Waals surface area contributed by atoms with E-state index in [4.69, 9.17) is 9.47 Å². The molecule has 0 aliphatic carbocycles. The molecule has 1 heterocycles. The summed E-state index contributed by atoms with van der Waals surface area (Å²) in [5, 5.41) is 0.917. The van der Waals surface area contributed by atoms with Crippen LogP contribution >= 0.6 is 0 Å². The van der Waals surface area contributed by atoms with E-state index in [0.717, 1.165) is 41.7 Å². The molecule has 0 aliphatic rings. The molecule has 0 atom stereocenters. The number of rotatable bonds is 8. The van der Waals surface area contributed by atoms with E-state index in [1.807, 2.05) is 26.0 Å². The fraction of sp³-hybridized carbons (Fsp3) is 0.550. The molecule has 0 fully saturated rings. The lowest BCUT2D eigenvalue weighted by Crippen LogP contribution is -2.09. The fourth-order valence-corrected chi connectivity index (χ4v) is 2.95.